The van der Waals surface area contributed by atoms with Crippen molar-refractivity contribution in [3.8, 4) is 0 Å². The SMILES string of the molecule is Cc1c(C)c2c(c(C(=O)c3ccccc3)c1N)Nc1ccccc1S2. The third-order valence-electron chi connectivity index (χ3n) is 4.68. The van der Waals surface area contributed by atoms with Gasteiger partial charge in [-0.15, -0.1) is 0 Å². The van der Waals surface area contributed by atoms with Crippen LogP contribution in [-0.4, -0.2) is 5.78 Å². The highest BCUT2D eigenvalue weighted by Gasteiger charge is 2.28. The van der Waals surface area contributed by atoms with E-state index in [4.69, 9.17) is 5.73 Å². The lowest BCUT2D eigenvalue weighted by Crippen LogP contribution is -2.14. The quantitative estimate of drug-likeness (QED) is 0.381. The van der Waals surface area contributed by atoms with Gasteiger partial charge in [-0.05, 0) is 37.1 Å². The van der Waals surface area contributed by atoms with Crippen molar-refractivity contribution >= 4 is 34.6 Å². The Kier molecular flexibility index (Phi) is 3.77. The van der Waals surface area contributed by atoms with Crippen LogP contribution in [0.4, 0.5) is 17.1 Å². The first-order valence-corrected chi connectivity index (χ1v) is 8.96. The Morgan fingerprint density at radius 1 is 0.960 bits per heavy atom. The van der Waals surface area contributed by atoms with E-state index in [9.17, 15) is 4.79 Å². The predicted molar refractivity (Wildman–Crippen MR) is 104 cm³/mol. The van der Waals surface area contributed by atoms with Gasteiger partial charge in [-0.1, -0.05) is 54.2 Å². The Hall–Kier alpha value is -2.72. The maximum Gasteiger partial charge on any atom is 0.197 e. The summed E-state index contributed by atoms with van der Waals surface area (Å²) < 4.78 is 0. The molecule has 3 aromatic rings. The molecule has 0 radical (unpaired) electrons. The van der Waals surface area contributed by atoms with Crippen LogP contribution in [0, 0.1) is 13.8 Å². The molecule has 25 heavy (non-hydrogen) atoms. The maximum absolute atomic E-state index is 13.2. The molecule has 0 saturated carbocycles. The summed E-state index contributed by atoms with van der Waals surface area (Å²) in [5.74, 6) is -0.0510. The van der Waals surface area contributed by atoms with Crippen LogP contribution in [0.3, 0.4) is 0 Å². The minimum atomic E-state index is -0.0510. The molecule has 4 rings (SSSR count). The van der Waals surface area contributed by atoms with Gasteiger partial charge in [-0.25, -0.2) is 0 Å². The second-order valence-corrected chi connectivity index (χ2v) is 7.21. The number of nitrogens with one attached hydrogen (secondary N) is 1. The van der Waals surface area contributed by atoms with Crippen molar-refractivity contribution < 1.29 is 4.79 Å². The zero-order valence-electron chi connectivity index (χ0n) is 14.1. The normalized spacial score (nSPS) is 12.1. The molecule has 0 amide bonds. The second kappa shape index (κ2) is 5.97. The summed E-state index contributed by atoms with van der Waals surface area (Å²) in [5.41, 5.74) is 12.1. The number of hydrogen-bond acceptors (Lipinski definition) is 4. The zero-order chi connectivity index (χ0) is 17.6. The van der Waals surface area contributed by atoms with Crippen LogP contribution in [-0.2, 0) is 0 Å². The van der Waals surface area contributed by atoms with Crippen molar-refractivity contribution in [2.24, 2.45) is 0 Å². The van der Waals surface area contributed by atoms with Crippen LogP contribution in [0.2, 0.25) is 0 Å². The fourth-order valence-corrected chi connectivity index (χ4v) is 4.27. The molecule has 3 nitrogen and oxygen atoms in total. The molecule has 0 aromatic heterocycles. The van der Waals surface area contributed by atoms with Crippen molar-refractivity contribution in [2.45, 2.75) is 23.6 Å². The van der Waals surface area contributed by atoms with Gasteiger partial charge >= 0.3 is 0 Å². The largest absolute Gasteiger partial charge is 0.398 e. The maximum atomic E-state index is 13.2. The molecule has 4 heteroatoms. The van der Waals surface area contributed by atoms with E-state index in [0.717, 1.165) is 32.3 Å². The molecule has 0 fully saturated rings. The van der Waals surface area contributed by atoms with Crippen LogP contribution in [0.25, 0.3) is 0 Å². The Morgan fingerprint density at radius 3 is 2.40 bits per heavy atom. The summed E-state index contributed by atoms with van der Waals surface area (Å²) in [7, 11) is 0. The van der Waals surface area contributed by atoms with Crippen LogP contribution >= 0.6 is 11.8 Å². The van der Waals surface area contributed by atoms with E-state index in [1.165, 1.54) is 0 Å². The van der Waals surface area contributed by atoms with Crippen molar-refractivity contribution in [3.63, 3.8) is 0 Å². The number of nitrogens with two attached hydrogens (primary N) is 1. The molecule has 124 valence electrons. The fraction of sp³-hybridized carbons (Fsp3) is 0.0952. The van der Waals surface area contributed by atoms with Gasteiger partial charge in [-0.2, -0.15) is 0 Å². The van der Waals surface area contributed by atoms with E-state index in [1.807, 2.05) is 55.5 Å². The van der Waals surface area contributed by atoms with E-state index in [2.05, 4.69) is 18.3 Å². The lowest BCUT2D eigenvalue weighted by Gasteiger charge is -2.27. The van der Waals surface area contributed by atoms with E-state index in [-0.39, 0.29) is 5.78 Å². The number of para-hydroxylation sites is 1. The summed E-state index contributed by atoms with van der Waals surface area (Å²) in [5, 5.41) is 3.45. The third kappa shape index (κ3) is 2.50. The van der Waals surface area contributed by atoms with Gasteiger partial charge in [0.1, 0.15) is 0 Å². The minimum Gasteiger partial charge on any atom is -0.398 e. The number of anilines is 3. The molecule has 3 aromatic carbocycles. The summed E-state index contributed by atoms with van der Waals surface area (Å²) >= 11 is 1.69. The van der Waals surface area contributed by atoms with E-state index >= 15 is 0 Å². The highest BCUT2D eigenvalue weighted by Crippen LogP contribution is 2.50. The van der Waals surface area contributed by atoms with Gasteiger partial charge in [0.05, 0.1) is 16.9 Å². The van der Waals surface area contributed by atoms with Crippen molar-refractivity contribution in [3.05, 3.63) is 76.9 Å². The number of benzene rings is 3. The fourth-order valence-electron chi connectivity index (χ4n) is 3.12. The highest BCUT2D eigenvalue weighted by atomic mass is 32.2. The van der Waals surface area contributed by atoms with Gasteiger partial charge in [0.2, 0.25) is 0 Å². The topological polar surface area (TPSA) is 55.1 Å². The average molecular weight is 346 g/mol. The van der Waals surface area contributed by atoms with Gasteiger partial charge in [0, 0.05) is 21.0 Å². The van der Waals surface area contributed by atoms with Crippen LogP contribution < -0.4 is 11.1 Å². The van der Waals surface area contributed by atoms with Gasteiger partial charge in [-0.3, -0.25) is 4.79 Å². The smallest absolute Gasteiger partial charge is 0.197 e. The zero-order valence-corrected chi connectivity index (χ0v) is 14.9. The number of fused-ring (bicyclic) bond motifs is 2. The Bertz CT molecular complexity index is 997. The molecule has 0 spiro atoms. The number of rotatable bonds is 2. The van der Waals surface area contributed by atoms with Crippen molar-refractivity contribution in [1.82, 2.24) is 0 Å². The average Bonchev–Trinajstić information content (AvgIpc) is 2.66. The molecule has 0 saturated heterocycles. The van der Waals surface area contributed by atoms with Crippen LogP contribution in [0.5, 0.6) is 0 Å². The second-order valence-electron chi connectivity index (χ2n) is 6.16. The Balaban J connectivity index is 1.95. The monoisotopic (exact) mass is 346 g/mol. The van der Waals surface area contributed by atoms with E-state index in [0.29, 0.717) is 16.8 Å². The van der Waals surface area contributed by atoms with Crippen LogP contribution in [0.15, 0.2) is 64.4 Å². The predicted octanol–water partition coefficient (Wildman–Crippen LogP) is 5.32. The van der Waals surface area contributed by atoms with Crippen molar-refractivity contribution in [2.75, 3.05) is 11.1 Å². The molecule has 0 aliphatic carbocycles. The summed E-state index contributed by atoms with van der Waals surface area (Å²) in [6, 6.07) is 17.4. The molecular formula is C21H18N2OS. The molecule has 3 N–H and O–H groups in total. The standard InChI is InChI=1S/C21H18N2OS/c1-12-13(2)21-19(23-15-10-6-7-11-16(15)25-21)17(18(12)22)20(24)14-8-4-3-5-9-14/h3-11,23H,22H2,1-2H3. The minimum absolute atomic E-state index is 0.0510. The molecule has 0 bridgehead atoms. The lowest BCUT2D eigenvalue weighted by molar-refractivity contribution is 0.104. The summed E-state index contributed by atoms with van der Waals surface area (Å²) in [6.07, 6.45) is 0. The summed E-state index contributed by atoms with van der Waals surface area (Å²) in [4.78, 5) is 15.4. The Labute approximate surface area is 151 Å². The number of carbonyl (C=O) groups excluding carboxylic acids is 1. The molecule has 1 heterocycles. The van der Waals surface area contributed by atoms with E-state index in [1.54, 1.807) is 11.8 Å². The molecule has 1 aliphatic heterocycles. The number of hydrogen-bond donors (Lipinski definition) is 2. The molecule has 0 unspecified atom stereocenters. The summed E-state index contributed by atoms with van der Waals surface area (Å²) in [6.45, 7) is 4.04. The van der Waals surface area contributed by atoms with Gasteiger partial charge < -0.3 is 11.1 Å². The number of carbonyl (C=O) groups is 1. The Morgan fingerprint density at radius 2 is 1.64 bits per heavy atom. The molecular weight excluding hydrogens is 328 g/mol. The first-order valence-electron chi connectivity index (χ1n) is 8.14. The molecule has 0 atom stereocenters. The van der Waals surface area contributed by atoms with Crippen molar-refractivity contribution in [1.29, 1.82) is 0 Å². The molecule has 1 aliphatic rings. The van der Waals surface area contributed by atoms with Gasteiger partial charge in [0.15, 0.2) is 5.78 Å². The third-order valence-corrected chi connectivity index (χ3v) is 5.97. The number of ketones is 1. The highest BCUT2D eigenvalue weighted by molar-refractivity contribution is 7.99. The first-order chi connectivity index (χ1) is 12.1. The number of nitrogen functional groups attached to an aromatic ring is 1. The van der Waals surface area contributed by atoms with Crippen LogP contribution in [0.1, 0.15) is 27.0 Å². The van der Waals surface area contributed by atoms with E-state index < -0.39 is 0 Å². The lowest BCUT2D eigenvalue weighted by atomic mass is 9.94. The first kappa shape index (κ1) is 15.8. The van der Waals surface area contributed by atoms with Gasteiger partial charge in [0.25, 0.3) is 0 Å².